The first-order valence-corrected chi connectivity index (χ1v) is 5.82. The van der Waals surface area contributed by atoms with Crippen molar-refractivity contribution in [3.05, 3.63) is 42.0 Å². The lowest BCUT2D eigenvalue weighted by Crippen LogP contribution is -1.99. The van der Waals surface area contributed by atoms with Gasteiger partial charge in [-0.05, 0) is 12.5 Å². The molecule has 0 N–H and O–H groups in total. The van der Waals surface area contributed by atoms with Crippen molar-refractivity contribution in [1.82, 2.24) is 14.8 Å². The predicted octanol–water partition coefficient (Wildman–Crippen LogP) is 2.14. The number of hydrogen-bond acceptors (Lipinski definition) is 4. The van der Waals surface area contributed by atoms with Gasteiger partial charge in [-0.3, -0.25) is 4.68 Å². The molecule has 0 fully saturated rings. The maximum atomic E-state index is 8.91. The summed E-state index contributed by atoms with van der Waals surface area (Å²) in [4.78, 5) is 3.98. The van der Waals surface area contributed by atoms with Crippen LogP contribution in [-0.2, 0) is 13.2 Å². The van der Waals surface area contributed by atoms with E-state index in [9.17, 15) is 0 Å². The topological polar surface area (TPSA) is 63.7 Å². The van der Waals surface area contributed by atoms with Gasteiger partial charge in [0.1, 0.15) is 18.4 Å². The van der Waals surface area contributed by atoms with Crippen LogP contribution in [0.3, 0.4) is 0 Å². The van der Waals surface area contributed by atoms with Crippen molar-refractivity contribution in [1.29, 1.82) is 5.26 Å². The second kappa shape index (κ2) is 5.82. The highest BCUT2D eigenvalue weighted by Crippen LogP contribution is 2.12. The van der Waals surface area contributed by atoms with Gasteiger partial charge in [-0.15, -0.1) is 0 Å². The summed E-state index contributed by atoms with van der Waals surface area (Å²) in [5.74, 6) is 0.705. The van der Waals surface area contributed by atoms with E-state index in [0.717, 1.165) is 18.5 Å². The van der Waals surface area contributed by atoms with E-state index in [2.05, 4.69) is 17.0 Å². The van der Waals surface area contributed by atoms with Crippen molar-refractivity contribution in [2.45, 2.75) is 26.5 Å². The fourth-order valence-electron chi connectivity index (χ4n) is 1.59. The summed E-state index contributed by atoms with van der Waals surface area (Å²) in [6.45, 7) is 3.30. The number of aryl methyl sites for hydroxylation is 1. The van der Waals surface area contributed by atoms with Gasteiger partial charge in [0.2, 0.25) is 0 Å². The van der Waals surface area contributed by atoms with Gasteiger partial charge in [0.15, 0.2) is 5.75 Å². The smallest absolute Gasteiger partial charge is 0.157 e. The largest absolute Gasteiger partial charge is 0.486 e. The molecule has 2 rings (SSSR count). The SMILES string of the molecule is CCCn1cc(OCc2cccnc2C#N)cn1. The molecule has 0 saturated carbocycles. The van der Waals surface area contributed by atoms with E-state index >= 15 is 0 Å². The van der Waals surface area contributed by atoms with Crippen LogP contribution in [0.25, 0.3) is 0 Å². The van der Waals surface area contributed by atoms with E-state index in [1.54, 1.807) is 18.5 Å². The fourth-order valence-corrected chi connectivity index (χ4v) is 1.59. The molecule has 18 heavy (non-hydrogen) atoms. The summed E-state index contributed by atoms with van der Waals surface area (Å²) in [7, 11) is 0. The molecule has 0 unspecified atom stereocenters. The molecule has 0 saturated heterocycles. The highest BCUT2D eigenvalue weighted by Gasteiger charge is 2.04. The van der Waals surface area contributed by atoms with Crippen molar-refractivity contribution in [2.75, 3.05) is 0 Å². The minimum absolute atomic E-state index is 0.328. The molecule has 0 aliphatic carbocycles. The van der Waals surface area contributed by atoms with Crippen LogP contribution in [0.5, 0.6) is 5.75 Å². The average Bonchev–Trinajstić information content (AvgIpc) is 2.85. The lowest BCUT2D eigenvalue weighted by molar-refractivity contribution is 0.305. The Morgan fingerprint density at radius 1 is 1.50 bits per heavy atom. The van der Waals surface area contributed by atoms with Crippen molar-refractivity contribution in [3.63, 3.8) is 0 Å². The van der Waals surface area contributed by atoms with E-state index in [1.165, 1.54) is 0 Å². The number of ether oxygens (including phenoxy) is 1. The molecule has 0 spiro atoms. The monoisotopic (exact) mass is 242 g/mol. The van der Waals surface area contributed by atoms with Crippen LogP contribution in [0.2, 0.25) is 0 Å². The van der Waals surface area contributed by atoms with E-state index in [4.69, 9.17) is 10.00 Å². The van der Waals surface area contributed by atoms with Gasteiger partial charge in [0.05, 0.1) is 12.4 Å². The highest BCUT2D eigenvalue weighted by atomic mass is 16.5. The minimum Gasteiger partial charge on any atom is -0.486 e. The molecule has 0 aliphatic heterocycles. The normalized spacial score (nSPS) is 10.0. The zero-order valence-electron chi connectivity index (χ0n) is 10.2. The number of pyridine rings is 1. The number of rotatable bonds is 5. The maximum absolute atomic E-state index is 8.91. The summed E-state index contributed by atoms with van der Waals surface area (Å²) in [6.07, 6.45) is 6.16. The predicted molar refractivity (Wildman–Crippen MR) is 65.8 cm³/mol. The molecule has 2 aromatic heterocycles. The molecule has 0 radical (unpaired) electrons. The third-order valence-electron chi connectivity index (χ3n) is 2.45. The van der Waals surface area contributed by atoms with Crippen LogP contribution in [0.1, 0.15) is 24.6 Å². The van der Waals surface area contributed by atoms with Crippen LogP contribution >= 0.6 is 0 Å². The summed E-state index contributed by atoms with van der Waals surface area (Å²) < 4.78 is 7.42. The van der Waals surface area contributed by atoms with Gasteiger partial charge in [-0.2, -0.15) is 10.4 Å². The van der Waals surface area contributed by atoms with Crippen LogP contribution in [0.4, 0.5) is 0 Å². The van der Waals surface area contributed by atoms with Crippen molar-refractivity contribution in [3.8, 4) is 11.8 Å². The summed E-state index contributed by atoms with van der Waals surface area (Å²) in [6, 6.07) is 5.67. The number of nitrogens with zero attached hydrogens (tertiary/aromatic N) is 4. The molecule has 5 nitrogen and oxygen atoms in total. The molecule has 0 atom stereocenters. The molecule has 2 heterocycles. The Hall–Kier alpha value is -2.35. The minimum atomic E-state index is 0.328. The Kier molecular flexibility index (Phi) is 3.92. The van der Waals surface area contributed by atoms with E-state index in [0.29, 0.717) is 18.1 Å². The Bertz CT molecular complexity index is 556. The van der Waals surface area contributed by atoms with Gasteiger partial charge in [0, 0.05) is 18.3 Å². The molecule has 0 aliphatic rings. The number of nitriles is 1. The van der Waals surface area contributed by atoms with Crippen LogP contribution < -0.4 is 4.74 Å². The first kappa shape index (κ1) is 12.1. The zero-order chi connectivity index (χ0) is 12.8. The first-order chi connectivity index (χ1) is 8.83. The molecule has 2 aromatic rings. The van der Waals surface area contributed by atoms with Gasteiger partial charge >= 0.3 is 0 Å². The van der Waals surface area contributed by atoms with Gasteiger partial charge < -0.3 is 4.74 Å². The molecule has 0 bridgehead atoms. The molecular formula is C13H14N4O. The van der Waals surface area contributed by atoms with Crippen LogP contribution in [0, 0.1) is 11.3 Å². The number of hydrogen-bond donors (Lipinski definition) is 0. The maximum Gasteiger partial charge on any atom is 0.157 e. The van der Waals surface area contributed by atoms with E-state index < -0.39 is 0 Å². The molecule has 0 aromatic carbocycles. The third-order valence-corrected chi connectivity index (χ3v) is 2.45. The Morgan fingerprint density at radius 2 is 2.39 bits per heavy atom. The molecular weight excluding hydrogens is 228 g/mol. The van der Waals surface area contributed by atoms with Gasteiger partial charge in [-0.1, -0.05) is 13.0 Å². The zero-order valence-corrected chi connectivity index (χ0v) is 10.2. The lowest BCUT2D eigenvalue weighted by atomic mass is 10.2. The number of aromatic nitrogens is 3. The van der Waals surface area contributed by atoms with E-state index in [-0.39, 0.29) is 0 Å². The second-order valence-corrected chi connectivity index (χ2v) is 3.85. The lowest BCUT2D eigenvalue weighted by Gasteiger charge is -2.04. The van der Waals surface area contributed by atoms with Gasteiger partial charge in [0.25, 0.3) is 0 Å². The van der Waals surface area contributed by atoms with Crippen molar-refractivity contribution >= 4 is 0 Å². The van der Waals surface area contributed by atoms with E-state index in [1.807, 2.05) is 23.0 Å². The summed E-state index contributed by atoms with van der Waals surface area (Å²) in [5.41, 5.74) is 1.18. The van der Waals surface area contributed by atoms with Crippen LogP contribution in [0.15, 0.2) is 30.7 Å². The summed E-state index contributed by atoms with van der Waals surface area (Å²) in [5, 5.41) is 13.1. The Morgan fingerprint density at radius 3 is 3.17 bits per heavy atom. The second-order valence-electron chi connectivity index (χ2n) is 3.85. The molecule has 92 valence electrons. The van der Waals surface area contributed by atoms with Crippen molar-refractivity contribution < 1.29 is 4.74 Å². The van der Waals surface area contributed by atoms with Gasteiger partial charge in [-0.25, -0.2) is 4.98 Å². The van der Waals surface area contributed by atoms with Crippen molar-refractivity contribution in [2.24, 2.45) is 0 Å². The average molecular weight is 242 g/mol. The van der Waals surface area contributed by atoms with Crippen LogP contribution in [-0.4, -0.2) is 14.8 Å². The molecule has 0 amide bonds. The fraction of sp³-hybridized carbons (Fsp3) is 0.308. The standard InChI is InChI=1S/C13H14N4O/c1-2-6-17-9-12(8-16-17)18-10-11-4-3-5-15-13(11)7-14/h3-5,8-9H,2,6,10H2,1H3. The third kappa shape index (κ3) is 2.86. The first-order valence-electron chi connectivity index (χ1n) is 5.82. The Labute approximate surface area is 106 Å². The highest BCUT2D eigenvalue weighted by molar-refractivity contribution is 5.30. The summed E-state index contributed by atoms with van der Waals surface area (Å²) >= 11 is 0. The molecule has 5 heteroatoms. The quantitative estimate of drug-likeness (QED) is 0.805. The Balaban J connectivity index is 2.00.